The van der Waals surface area contributed by atoms with Gasteiger partial charge in [-0.05, 0) is 157 Å². The van der Waals surface area contributed by atoms with E-state index in [-0.39, 0.29) is 0 Å². The average molecular weight is 701 g/mol. The van der Waals surface area contributed by atoms with Gasteiger partial charge in [0.1, 0.15) is 0 Å². The molecule has 0 saturated heterocycles. The summed E-state index contributed by atoms with van der Waals surface area (Å²) in [7, 11) is 0. The van der Waals surface area contributed by atoms with Crippen LogP contribution in [0, 0.1) is 17.8 Å². The van der Waals surface area contributed by atoms with Gasteiger partial charge in [0.25, 0.3) is 0 Å². The van der Waals surface area contributed by atoms with Gasteiger partial charge in [-0.1, -0.05) is 109 Å². The first-order chi connectivity index (χ1) is 25.7. The molecule has 0 radical (unpaired) electrons. The van der Waals surface area contributed by atoms with Crippen molar-refractivity contribution in [3.8, 4) is 42.4 Å². The molecule has 0 nitrogen and oxygen atoms in total. The smallest absolute Gasteiger partial charge is 0.0449 e. The lowest BCUT2D eigenvalue weighted by Gasteiger charge is -2.20. The highest BCUT2D eigenvalue weighted by Crippen LogP contribution is 2.59. The SMILES string of the molecule is C1=CC2C(C=C1)C2c1ccc(-c2ccc(-c3ccc4c(-c5ccc6c(c5)C=CC5CC65)c5ccccc5c(-c5ccc6c(c5)C=CCC6)c4c3)s2)s1. The number of thiophene rings is 2. The average Bonchev–Trinajstić information content (AvgIpc) is 4.01. The van der Waals surface area contributed by atoms with E-state index in [2.05, 4.69) is 152 Å². The van der Waals surface area contributed by atoms with Gasteiger partial charge in [-0.2, -0.15) is 0 Å². The molecule has 12 rings (SSSR count). The van der Waals surface area contributed by atoms with Gasteiger partial charge < -0.3 is 0 Å². The lowest BCUT2D eigenvalue weighted by Crippen LogP contribution is -1.97. The zero-order chi connectivity index (χ0) is 33.9. The Labute approximate surface area is 312 Å². The van der Waals surface area contributed by atoms with E-state index in [9.17, 15) is 0 Å². The van der Waals surface area contributed by atoms with Crippen LogP contribution in [-0.2, 0) is 6.42 Å². The molecule has 2 saturated carbocycles. The number of hydrogen-bond donors (Lipinski definition) is 0. The second-order valence-corrected chi connectivity index (χ2v) is 17.6. The number of fused-ring (bicyclic) bond motifs is 7. The van der Waals surface area contributed by atoms with Crippen molar-refractivity contribution >= 4 is 56.4 Å². The highest BCUT2D eigenvalue weighted by molar-refractivity contribution is 7.24. The highest BCUT2D eigenvalue weighted by Gasteiger charge is 2.49. The number of hydrogen-bond acceptors (Lipinski definition) is 2. The summed E-state index contributed by atoms with van der Waals surface area (Å²) < 4.78 is 0. The Kier molecular flexibility index (Phi) is 6.39. The summed E-state index contributed by atoms with van der Waals surface area (Å²) in [5.41, 5.74) is 12.3. The third-order valence-corrected chi connectivity index (χ3v) is 15.0. The van der Waals surface area contributed by atoms with E-state index in [1.54, 1.807) is 0 Å². The fourth-order valence-electron chi connectivity index (χ4n) is 9.67. The summed E-state index contributed by atoms with van der Waals surface area (Å²) in [6, 6.07) is 40.3. The van der Waals surface area contributed by atoms with Crippen LogP contribution in [0.2, 0.25) is 0 Å². The van der Waals surface area contributed by atoms with Crippen molar-refractivity contribution in [1.82, 2.24) is 0 Å². The molecule has 0 bridgehead atoms. The Balaban J connectivity index is 1.03. The number of benzene rings is 5. The van der Waals surface area contributed by atoms with Gasteiger partial charge in [0.2, 0.25) is 0 Å². The molecule has 0 aliphatic heterocycles. The summed E-state index contributed by atoms with van der Waals surface area (Å²) in [6.07, 6.45) is 22.2. The van der Waals surface area contributed by atoms with Crippen molar-refractivity contribution < 1.29 is 0 Å². The van der Waals surface area contributed by atoms with Crippen LogP contribution >= 0.6 is 22.7 Å². The van der Waals surface area contributed by atoms with E-state index in [1.807, 2.05) is 22.7 Å². The van der Waals surface area contributed by atoms with Crippen LogP contribution in [0.5, 0.6) is 0 Å². The summed E-state index contributed by atoms with van der Waals surface area (Å²) in [5.74, 6) is 3.51. The highest BCUT2D eigenvalue weighted by atomic mass is 32.1. The van der Waals surface area contributed by atoms with Crippen molar-refractivity contribution in [2.45, 2.75) is 31.1 Å². The van der Waals surface area contributed by atoms with Crippen molar-refractivity contribution in [2.75, 3.05) is 0 Å². The first-order valence-corrected chi connectivity index (χ1v) is 20.5. The van der Waals surface area contributed by atoms with E-state index in [4.69, 9.17) is 0 Å². The van der Waals surface area contributed by atoms with Gasteiger partial charge in [0.05, 0.1) is 0 Å². The van der Waals surface area contributed by atoms with E-state index < -0.39 is 0 Å². The molecular formula is C50H36S2. The van der Waals surface area contributed by atoms with Crippen molar-refractivity contribution in [3.05, 3.63) is 167 Å². The number of aryl methyl sites for hydroxylation is 1. The van der Waals surface area contributed by atoms with Gasteiger partial charge in [-0.15, -0.1) is 22.7 Å². The lowest BCUT2D eigenvalue weighted by atomic mass is 9.83. The molecule has 5 aliphatic rings. The summed E-state index contributed by atoms with van der Waals surface area (Å²) in [4.78, 5) is 5.60. The van der Waals surface area contributed by atoms with Gasteiger partial charge in [0.15, 0.2) is 0 Å². The van der Waals surface area contributed by atoms with Gasteiger partial charge in [-0.3, -0.25) is 0 Å². The van der Waals surface area contributed by atoms with Crippen molar-refractivity contribution in [2.24, 2.45) is 17.8 Å². The third kappa shape index (κ3) is 4.57. The first kappa shape index (κ1) is 29.5. The summed E-state index contributed by atoms with van der Waals surface area (Å²) in [6.45, 7) is 0. The molecule has 2 fully saturated rings. The van der Waals surface area contributed by atoms with Crippen LogP contribution in [0.1, 0.15) is 51.8 Å². The Hall–Kier alpha value is -5.02. The number of rotatable bonds is 5. The first-order valence-electron chi connectivity index (χ1n) is 18.9. The predicted octanol–water partition coefficient (Wildman–Crippen LogP) is 14.3. The van der Waals surface area contributed by atoms with E-state index in [0.717, 1.165) is 18.8 Å². The molecule has 5 aliphatic carbocycles. The molecule has 248 valence electrons. The molecule has 2 heterocycles. The summed E-state index contributed by atoms with van der Waals surface area (Å²) in [5, 5.41) is 5.29. The monoisotopic (exact) mass is 700 g/mol. The second kappa shape index (κ2) is 11.2. The maximum atomic E-state index is 2.49. The minimum Gasteiger partial charge on any atom is -0.139 e. The van der Waals surface area contributed by atoms with Crippen LogP contribution in [0.3, 0.4) is 0 Å². The molecule has 5 aromatic carbocycles. The molecule has 2 aromatic heterocycles. The van der Waals surface area contributed by atoms with Gasteiger partial charge >= 0.3 is 0 Å². The van der Waals surface area contributed by atoms with Crippen LogP contribution in [0.25, 0.3) is 76.1 Å². The molecular weight excluding hydrogens is 665 g/mol. The Morgan fingerprint density at radius 1 is 0.538 bits per heavy atom. The zero-order valence-corrected chi connectivity index (χ0v) is 30.4. The Morgan fingerprint density at radius 3 is 2.12 bits per heavy atom. The molecule has 7 aromatic rings. The molecule has 52 heavy (non-hydrogen) atoms. The van der Waals surface area contributed by atoms with E-state index in [1.165, 1.54) is 97.5 Å². The second-order valence-electron chi connectivity index (χ2n) is 15.4. The zero-order valence-electron chi connectivity index (χ0n) is 28.8. The molecule has 4 unspecified atom stereocenters. The van der Waals surface area contributed by atoms with Gasteiger partial charge in [0, 0.05) is 25.4 Å². The number of allylic oxidation sites excluding steroid dienone is 6. The fraction of sp³-hybridized carbons (Fsp3) is 0.160. The lowest BCUT2D eigenvalue weighted by molar-refractivity contribution is 0.981. The molecule has 4 atom stereocenters. The maximum absolute atomic E-state index is 2.49. The third-order valence-electron chi connectivity index (χ3n) is 12.5. The van der Waals surface area contributed by atoms with Crippen LogP contribution in [-0.4, -0.2) is 0 Å². The van der Waals surface area contributed by atoms with Crippen molar-refractivity contribution in [3.63, 3.8) is 0 Å². The Bertz CT molecular complexity index is 2740. The molecule has 0 amide bonds. The topological polar surface area (TPSA) is 0 Å². The van der Waals surface area contributed by atoms with Crippen molar-refractivity contribution in [1.29, 1.82) is 0 Å². The normalized spacial score (nSPS) is 23.0. The maximum Gasteiger partial charge on any atom is 0.0449 e. The summed E-state index contributed by atoms with van der Waals surface area (Å²) >= 11 is 3.92. The molecule has 0 spiro atoms. The Morgan fingerprint density at radius 2 is 1.25 bits per heavy atom. The fourth-order valence-corrected chi connectivity index (χ4v) is 12.0. The van der Waals surface area contributed by atoms with Crippen LogP contribution in [0.4, 0.5) is 0 Å². The molecule has 0 N–H and O–H groups in total. The van der Waals surface area contributed by atoms with Crippen LogP contribution in [0.15, 0.2) is 140 Å². The van der Waals surface area contributed by atoms with E-state index in [0.29, 0.717) is 23.7 Å². The van der Waals surface area contributed by atoms with E-state index >= 15 is 0 Å². The largest absolute Gasteiger partial charge is 0.139 e. The predicted molar refractivity (Wildman–Crippen MR) is 224 cm³/mol. The minimum atomic E-state index is 0.659. The minimum absolute atomic E-state index is 0.659. The quantitative estimate of drug-likeness (QED) is 0.157. The van der Waals surface area contributed by atoms with Crippen LogP contribution < -0.4 is 0 Å². The van der Waals surface area contributed by atoms with Gasteiger partial charge in [-0.25, -0.2) is 0 Å². The molecule has 2 heteroatoms. The standard InChI is InChI=1S/C50H36S2/c1-2-8-30-25-34(16-13-29(30)7-1)49-38-10-4-3-9-37(38)48(35-18-19-36-31(26-35)14-15-32-27-42(32)36)41-20-17-33(28-43(41)49)44-21-22-45(51-44)46-23-24-47(52-46)50-39-11-5-6-12-40(39)50/h2-6,8-26,28,32,39-40,42,50H,1,7,27H2.